The molecule has 1 unspecified atom stereocenters. The van der Waals surface area contributed by atoms with Crippen LogP contribution in [0.3, 0.4) is 0 Å². The maximum absolute atomic E-state index is 6.20. The van der Waals surface area contributed by atoms with E-state index in [2.05, 4.69) is 25.1 Å². The van der Waals surface area contributed by atoms with E-state index in [1.807, 2.05) is 10.9 Å². The highest BCUT2D eigenvalue weighted by Crippen LogP contribution is 2.36. The third-order valence-electron chi connectivity index (χ3n) is 3.59. The summed E-state index contributed by atoms with van der Waals surface area (Å²) in [5.74, 6) is 0.728. The van der Waals surface area contributed by atoms with Crippen LogP contribution < -0.4 is 5.73 Å². The average molecular weight is 237 g/mol. The van der Waals surface area contributed by atoms with Crippen molar-refractivity contribution in [1.29, 1.82) is 0 Å². The van der Waals surface area contributed by atoms with Gasteiger partial charge >= 0.3 is 0 Å². The Morgan fingerprint density at radius 3 is 2.88 bits per heavy atom. The standard InChI is InChI=1S/C13H23N3O/c1-3-16-9-11(8-15-16)13(14)7-10-5-12(6-10)17-4-2/h8-10,12-13H,3-7,14H2,1-2H3. The molecule has 1 aromatic heterocycles. The van der Waals surface area contributed by atoms with E-state index in [0.717, 1.165) is 31.1 Å². The van der Waals surface area contributed by atoms with E-state index in [-0.39, 0.29) is 6.04 Å². The molecular formula is C13H23N3O. The van der Waals surface area contributed by atoms with Gasteiger partial charge in [0.05, 0.1) is 12.3 Å². The van der Waals surface area contributed by atoms with Gasteiger partial charge < -0.3 is 10.5 Å². The first-order valence-corrected chi connectivity index (χ1v) is 6.62. The van der Waals surface area contributed by atoms with Gasteiger partial charge in [0, 0.05) is 31.0 Å². The highest BCUT2D eigenvalue weighted by molar-refractivity contribution is 5.10. The molecular weight excluding hydrogens is 214 g/mol. The number of aromatic nitrogens is 2. The SMILES string of the molecule is CCOC1CC(CC(N)c2cnn(CC)c2)C1. The van der Waals surface area contributed by atoms with Crippen LogP contribution in [0.5, 0.6) is 0 Å². The number of hydrogen-bond acceptors (Lipinski definition) is 3. The van der Waals surface area contributed by atoms with Gasteiger partial charge in [-0.25, -0.2) is 0 Å². The molecule has 1 heterocycles. The lowest BCUT2D eigenvalue weighted by atomic mass is 9.77. The summed E-state index contributed by atoms with van der Waals surface area (Å²) in [5.41, 5.74) is 7.36. The normalized spacial score (nSPS) is 25.6. The summed E-state index contributed by atoms with van der Waals surface area (Å²) in [4.78, 5) is 0. The quantitative estimate of drug-likeness (QED) is 0.824. The molecule has 0 spiro atoms. The lowest BCUT2D eigenvalue weighted by Crippen LogP contribution is -2.33. The first-order chi connectivity index (χ1) is 8.22. The van der Waals surface area contributed by atoms with Gasteiger partial charge in [-0.2, -0.15) is 5.10 Å². The Kier molecular flexibility index (Phi) is 4.18. The van der Waals surface area contributed by atoms with Crippen molar-refractivity contribution < 1.29 is 4.74 Å². The molecule has 0 bridgehead atoms. The van der Waals surface area contributed by atoms with Crippen LogP contribution in [0.15, 0.2) is 12.4 Å². The molecule has 0 aliphatic heterocycles. The summed E-state index contributed by atoms with van der Waals surface area (Å²) in [6.07, 6.45) is 7.83. The Morgan fingerprint density at radius 2 is 2.29 bits per heavy atom. The average Bonchev–Trinajstić information content (AvgIpc) is 2.74. The van der Waals surface area contributed by atoms with E-state index in [9.17, 15) is 0 Å². The molecule has 4 nitrogen and oxygen atoms in total. The molecule has 2 N–H and O–H groups in total. The summed E-state index contributed by atoms with van der Waals surface area (Å²) in [6, 6.07) is 0.128. The summed E-state index contributed by atoms with van der Waals surface area (Å²) in [6.45, 7) is 5.87. The van der Waals surface area contributed by atoms with Crippen LogP contribution in [0.25, 0.3) is 0 Å². The molecule has 2 rings (SSSR count). The molecule has 96 valence electrons. The van der Waals surface area contributed by atoms with Crippen LogP contribution in [0.4, 0.5) is 0 Å². The van der Waals surface area contributed by atoms with Gasteiger partial charge in [-0.15, -0.1) is 0 Å². The predicted molar refractivity (Wildman–Crippen MR) is 67.6 cm³/mol. The minimum Gasteiger partial charge on any atom is -0.378 e. The maximum atomic E-state index is 6.20. The number of rotatable bonds is 6. The van der Waals surface area contributed by atoms with E-state index in [1.54, 1.807) is 0 Å². The Hall–Kier alpha value is -0.870. The Morgan fingerprint density at radius 1 is 1.53 bits per heavy atom. The third-order valence-corrected chi connectivity index (χ3v) is 3.59. The van der Waals surface area contributed by atoms with Crippen molar-refractivity contribution in [3.63, 3.8) is 0 Å². The molecule has 1 aliphatic rings. The third kappa shape index (κ3) is 3.07. The smallest absolute Gasteiger partial charge is 0.0580 e. The minimum absolute atomic E-state index is 0.128. The zero-order chi connectivity index (χ0) is 12.3. The largest absolute Gasteiger partial charge is 0.378 e. The van der Waals surface area contributed by atoms with Crippen molar-refractivity contribution in [1.82, 2.24) is 9.78 Å². The zero-order valence-corrected chi connectivity index (χ0v) is 10.8. The molecule has 0 amide bonds. The van der Waals surface area contributed by atoms with Gasteiger partial charge in [0.15, 0.2) is 0 Å². The van der Waals surface area contributed by atoms with Crippen molar-refractivity contribution in [3.8, 4) is 0 Å². The van der Waals surface area contributed by atoms with Crippen LogP contribution in [-0.2, 0) is 11.3 Å². The number of aryl methyl sites for hydroxylation is 1. The van der Waals surface area contributed by atoms with Gasteiger partial charge in [-0.3, -0.25) is 4.68 Å². The first-order valence-electron chi connectivity index (χ1n) is 6.62. The van der Waals surface area contributed by atoms with Crippen LogP contribution in [-0.4, -0.2) is 22.5 Å². The highest BCUT2D eigenvalue weighted by atomic mass is 16.5. The van der Waals surface area contributed by atoms with Crippen molar-refractivity contribution in [3.05, 3.63) is 18.0 Å². The molecule has 1 atom stereocenters. The number of hydrogen-bond donors (Lipinski definition) is 1. The summed E-state index contributed by atoms with van der Waals surface area (Å²) in [5, 5.41) is 4.26. The lowest BCUT2D eigenvalue weighted by molar-refractivity contribution is -0.0282. The molecule has 0 radical (unpaired) electrons. The van der Waals surface area contributed by atoms with E-state index in [4.69, 9.17) is 10.5 Å². The van der Waals surface area contributed by atoms with E-state index in [0.29, 0.717) is 6.10 Å². The Labute approximate surface area is 103 Å². The second-order valence-corrected chi connectivity index (χ2v) is 4.89. The Bertz CT molecular complexity index is 344. The summed E-state index contributed by atoms with van der Waals surface area (Å²) in [7, 11) is 0. The van der Waals surface area contributed by atoms with Crippen molar-refractivity contribution in [2.24, 2.45) is 11.7 Å². The van der Waals surface area contributed by atoms with Crippen LogP contribution >= 0.6 is 0 Å². The molecule has 1 fully saturated rings. The van der Waals surface area contributed by atoms with Gasteiger partial charge in [0.2, 0.25) is 0 Å². The number of nitrogens with two attached hydrogens (primary N) is 1. The fraction of sp³-hybridized carbons (Fsp3) is 0.769. The molecule has 0 saturated heterocycles. The molecule has 0 aromatic carbocycles. The van der Waals surface area contributed by atoms with E-state index < -0.39 is 0 Å². The fourth-order valence-corrected chi connectivity index (χ4v) is 2.48. The number of ether oxygens (including phenoxy) is 1. The zero-order valence-electron chi connectivity index (χ0n) is 10.8. The fourth-order valence-electron chi connectivity index (χ4n) is 2.48. The predicted octanol–water partition coefficient (Wildman–Crippen LogP) is 2.11. The monoisotopic (exact) mass is 237 g/mol. The van der Waals surface area contributed by atoms with Crippen molar-refractivity contribution >= 4 is 0 Å². The van der Waals surface area contributed by atoms with E-state index >= 15 is 0 Å². The molecule has 1 aliphatic carbocycles. The Balaban J connectivity index is 1.76. The highest BCUT2D eigenvalue weighted by Gasteiger charge is 2.31. The summed E-state index contributed by atoms with van der Waals surface area (Å²) < 4.78 is 7.49. The topological polar surface area (TPSA) is 53.1 Å². The van der Waals surface area contributed by atoms with E-state index in [1.165, 1.54) is 12.8 Å². The second-order valence-electron chi connectivity index (χ2n) is 4.89. The second kappa shape index (κ2) is 5.65. The molecule has 4 heteroatoms. The maximum Gasteiger partial charge on any atom is 0.0580 e. The van der Waals surface area contributed by atoms with Crippen LogP contribution in [0, 0.1) is 5.92 Å². The summed E-state index contributed by atoms with van der Waals surface area (Å²) >= 11 is 0. The van der Waals surface area contributed by atoms with Crippen molar-refractivity contribution in [2.75, 3.05) is 6.61 Å². The van der Waals surface area contributed by atoms with Gasteiger partial charge in [0.25, 0.3) is 0 Å². The van der Waals surface area contributed by atoms with Crippen LogP contribution in [0.1, 0.15) is 44.7 Å². The van der Waals surface area contributed by atoms with Crippen LogP contribution in [0.2, 0.25) is 0 Å². The molecule has 1 saturated carbocycles. The van der Waals surface area contributed by atoms with Gasteiger partial charge in [-0.05, 0) is 39.0 Å². The molecule has 17 heavy (non-hydrogen) atoms. The number of nitrogens with zero attached hydrogens (tertiary/aromatic N) is 2. The lowest BCUT2D eigenvalue weighted by Gasteiger charge is -2.36. The molecule has 1 aromatic rings. The first kappa shape index (κ1) is 12.6. The van der Waals surface area contributed by atoms with Gasteiger partial charge in [-0.1, -0.05) is 0 Å². The minimum atomic E-state index is 0.128. The van der Waals surface area contributed by atoms with Crippen molar-refractivity contribution in [2.45, 2.75) is 51.8 Å². The van der Waals surface area contributed by atoms with Gasteiger partial charge in [0.1, 0.15) is 0 Å².